The van der Waals surface area contributed by atoms with Crippen LogP contribution in [0.4, 0.5) is 0 Å². The summed E-state index contributed by atoms with van der Waals surface area (Å²) in [5, 5.41) is 2.40. The van der Waals surface area contributed by atoms with E-state index in [0.29, 0.717) is 95.2 Å². The highest BCUT2D eigenvalue weighted by atomic mass is 16.5. The zero-order valence-corrected chi connectivity index (χ0v) is 33.9. The third-order valence-electron chi connectivity index (χ3n) is 11.0. The van der Waals surface area contributed by atoms with Gasteiger partial charge in [0.05, 0.1) is 50.7 Å². The van der Waals surface area contributed by atoms with Crippen molar-refractivity contribution in [1.82, 2.24) is 0 Å². The Morgan fingerprint density at radius 1 is 0.393 bits per heavy atom. The number of carbonyl (C=O) groups excluding carboxylic acids is 6. The van der Waals surface area contributed by atoms with Gasteiger partial charge in [0.2, 0.25) is 0 Å². The Balaban J connectivity index is 1.95. The lowest BCUT2D eigenvalue weighted by molar-refractivity contribution is 0.0553. The molecule has 0 atom stereocenters. The van der Waals surface area contributed by atoms with Crippen LogP contribution in [0, 0.1) is 0 Å². The third kappa shape index (κ3) is 7.33. The summed E-state index contributed by atoms with van der Waals surface area (Å²) in [5.41, 5.74) is 3.40. The van der Waals surface area contributed by atoms with E-state index < -0.39 is 23.9 Å². The zero-order chi connectivity index (χ0) is 40.8. The van der Waals surface area contributed by atoms with Gasteiger partial charge in [0.25, 0.3) is 0 Å². The van der Waals surface area contributed by atoms with Gasteiger partial charge in [0, 0.05) is 22.3 Å². The Bertz CT molecular complexity index is 1950. The van der Waals surface area contributed by atoms with Crippen LogP contribution >= 0.6 is 0 Å². The summed E-state index contributed by atoms with van der Waals surface area (Å²) < 4.78 is 21.0. The maximum Gasteiger partial charge on any atom is 0.339 e. The normalized spacial score (nSPS) is 12.1. The summed E-state index contributed by atoms with van der Waals surface area (Å²) in [6, 6.07) is 6.77. The van der Waals surface area contributed by atoms with Gasteiger partial charge in [0.1, 0.15) is 0 Å². The van der Waals surface area contributed by atoms with Crippen LogP contribution < -0.4 is 0 Å². The van der Waals surface area contributed by atoms with E-state index in [0.717, 1.165) is 25.7 Å². The van der Waals surface area contributed by atoms with Gasteiger partial charge in [-0.15, -0.1) is 0 Å². The van der Waals surface area contributed by atoms with Crippen molar-refractivity contribution in [1.29, 1.82) is 0 Å². The topological polar surface area (TPSA) is 139 Å². The molecule has 0 spiro atoms. The summed E-state index contributed by atoms with van der Waals surface area (Å²) in [5.74, 6) is -3.50. The van der Waals surface area contributed by atoms with Crippen molar-refractivity contribution < 1.29 is 47.7 Å². The smallest absolute Gasteiger partial charge is 0.339 e. The number of hydrogen-bond donors (Lipinski definition) is 0. The molecule has 0 saturated heterocycles. The fourth-order valence-electron chi connectivity index (χ4n) is 8.14. The number of ketones is 2. The summed E-state index contributed by atoms with van der Waals surface area (Å²) in [4.78, 5) is 83.9. The second-order valence-electron chi connectivity index (χ2n) is 14.3. The molecular weight excluding hydrogens is 712 g/mol. The number of benzene rings is 4. The minimum absolute atomic E-state index is 0.115. The van der Waals surface area contributed by atoms with E-state index in [1.165, 1.54) is 28.4 Å². The number of fused-ring (bicyclic) bond motifs is 4. The lowest BCUT2D eigenvalue weighted by Gasteiger charge is -2.25. The molecule has 296 valence electrons. The Labute approximate surface area is 328 Å². The van der Waals surface area contributed by atoms with E-state index in [1.54, 1.807) is 24.3 Å². The largest absolute Gasteiger partial charge is 0.465 e. The molecule has 56 heavy (non-hydrogen) atoms. The van der Waals surface area contributed by atoms with Gasteiger partial charge in [-0.1, -0.05) is 53.4 Å². The number of unbranched alkanes of at least 4 members (excludes halogenated alkanes) is 4. The number of esters is 4. The molecule has 4 aromatic rings. The third-order valence-corrected chi connectivity index (χ3v) is 11.0. The van der Waals surface area contributed by atoms with Crippen molar-refractivity contribution in [2.45, 2.75) is 105 Å². The van der Waals surface area contributed by atoms with Gasteiger partial charge >= 0.3 is 23.9 Å². The van der Waals surface area contributed by atoms with E-state index in [-0.39, 0.29) is 56.1 Å². The van der Waals surface area contributed by atoms with Crippen molar-refractivity contribution in [2.24, 2.45) is 0 Å². The van der Waals surface area contributed by atoms with Crippen LogP contribution in [0.1, 0.15) is 175 Å². The first-order valence-electron chi connectivity index (χ1n) is 19.7. The molecule has 0 saturated carbocycles. The van der Waals surface area contributed by atoms with Gasteiger partial charge in [-0.25, -0.2) is 19.2 Å². The number of aryl methyl sites for hydroxylation is 4. The van der Waals surface area contributed by atoms with Gasteiger partial charge < -0.3 is 18.9 Å². The molecule has 0 aromatic heterocycles. The van der Waals surface area contributed by atoms with Crippen molar-refractivity contribution >= 4 is 57.0 Å². The minimum atomic E-state index is -0.681. The number of ether oxygens (including phenoxy) is 4. The highest BCUT2D eigenvalue weighted by molar-refractivity contribution is 6.31. The molecule has 0 amide bonds. The predicted octanol–water partition coefficient (Wildman–Crippen LogP) is 9.29. The molecule has 4 aromatic carbocycles. The van der Waals surface area contributed by atoms with Crippen molar-refractivity contribution in [3.8, 4) is 0 Å². The second kappa shape index (κ2) is 18.0. The SMILES string of the molecule is CCCCc1c(C(=O)OC)c(C(=O)OC)c(CCCC)c2cc3c(cc12)C(=O)c1cc2c(CCCC)c(C(=O)OC)c(C(=O)OC)c(CCCC)c2cc1C3=O. The summed E-state index contributed by atoms with van der Waals surface area (Å²) in [6.45, 7) is 8.07. The number of hydrogen-bond acceptors (Lipinski definition) is 10. The van der Waals surface area contributed by atoms with E-state index >= 15 is 0 Å². The van der Waals surface area contributed by atoms with Crippen LogP contribution in [-0.4, -0.2) is 63.9 Å². The number of rotatable bonds is 16. The van der Waals surface area contributed by atoms with Crippen LogP contribution in [0.25, 0.3) is 21.5 Å². The Morgan fingerprint density at radius 2 is 0.589 bits per heavy atom. The van der Waals surface area contributed by atoms with E-state index in [2.05, 4.69) is 0 Å². The molecule has 10 nitrogen and oxygen atoms in total. The first kappa shape index (κ1) is 41.8. The Morgan fingerprint density at radius 3 is 0.750 bits per heavy atom. The van der Waals surface area contributed by atoms with Crippen molar-refractivity contribution in [2.75, 3.05) is 28.4 Å². The lowest BCUT2D eigenvalue weighted by atomic mass is 9.76. The molecule has 1 aliphatic carbocycles. The molecular formula is C46H52O10. The molecule has 1 aliphatic rings. The van der Waals surface area contributed by atoms with Crippen LogP contribution in [-0.2, 0) is 44.6 Å². The van der Waals surface area contributed by atoms with Crippen molar-refractivity contribution in [3.05, 3.63) is 91.0 Å². The Kier molecular flexibility index (Phi) is 13.5. The monoisotopic (exact) mass is 764 g/mol. The molecule has 0 unspecified atom stereocenters. The second-order valence-corrected chi connectivity index (χ2v) is 14.3. The molecule has 10 heteroatoms. The first-order chi connectivity index (χ1) is 27.0. The van der Waals surface area contributed by atoms with Gasteiger partial charge in [-0.2, -0.15) is 0 Å². The quantitative estimate of drug-likeness (QED) is 0.0706. The van der Waals surface area contributed by atoms with E-state index in [4.69, 9.17) is 18.9 Å². The first-order valence-corrected chi connectivity index (χ1v) is 19.7. The van der Waals surface area contributed by atoms with E-state index in [9.17, 15) is 28.8 Å². The average molecular weight is 765 g/mol. The van der Waals surface area contributed by atoms with Crippen LogP contribution in [0.15, 0.2) is 24.3 Å². The fraction of sp³-hybridized carbons (Fsp3) is 0.435. The Hall–Kier alpha value is -5.38. The molecule has 0 N–H and O–H groups in total. The average Bonchev–Trinajstić information content (AvgIpc) is 3.22. The number of methoxy groups -OCH3 is 4. The summed E-state index contributed by atoms with van der Waals surface area (Å²) in [7, 11) is 5.06. The fourth-order valence-corrected chi connectivity index (χ4v) is 8.14. The highest BCUT2D eigenvalue weighted by Crippen LogP contribution is 2.42. The van der Waals surface area contributed by atoms with Crippen LogP contribution in [0.5, 0.6) is 0 Å². The molecule has 0 fully saturated rings. The highest BCUT2D eigenvalue weighted by Gasteiger charge is 2.36. The maximum absolute atomic E-state index is 14.8. The maximum atomic E-state index is 14.8. The summed E-state index contributed by atoms with van der Waals surface area (Å²) in [6.07, 6.45) is 7.57. The standard InChI is InChI=1S/C46H52O10/c1-9-13-17-25-29-21-33-34(22-30(29)26(18-14-10-2)38(44(50)54-6)37(25)43(49)53-5)42(48)36-24-32-28(20-16-12-4)40(46(52)56-8)39(45(51)55-7)27(19-15-11-3)31(32)23-35(36)41(33)47/h21-24H,9-20H2,1-8H3. The van der Waals surface area contributed by atoms with Crippen molar-refractivity contribution in [3.63, 3.8) is 0 Å². The van der Waals surface area contributed by atoms with Gasteiger partial charge in [0.15, 0.2) is 11.6 Å². The zero-order valence-electron chi connectivity index (χ0n) is 33.9. The minimum Gasteiger partial charge on any atom is -0.465 e. The van der Waals surface area contributed by atoms with Crippen LogP contribution in [0.2, 0.25) is 0 Å². The predicted molar refractivity (Wildman–Crippen MR) is 215 cm³/mol. The van der Waals surface area contributed by atoms with Gasteiger partial charge in [-0.3, -0.25) is 9.59 Å². The molecule has 0 aliphatic heterocycles. The molecule has 0 heterocycles. The van der Waals surface area contributed by atoms with Gasteiger partial charge in [-0.05, 0) is 119 Å². The molecule has 0 bridgehead atoms. The molecule has 5 rings (SSSR count). The van der Waals surface area contributed by atoms with Crippen LogP contribution in [0.3, 0.4) is 0 Å². The summed E-state index contributed by atoms with van der Waals surface area (Å²) >= 11 is 0. The molecule has 0 radical (unpaired) electrons. The van der Waals surface area contributed by atoms with E-state index in [1.807, 2.05) is 27.7 Å². The lowest BCUT2D eigenvalue weighted by Crippen LogP contribution is -2.23. The number of carbonyl (C=O) groups is 6.